The van der Waals surface area contributed by atoms with Gasteiger partial charge in [-0.2, -0.15) is 0 Å². The van der Waals surface area contributed by atoms with E-state index in [1.54, 1.807) is 0 Å². The Morgan fingerprint density at radius 3 is 2.39 bits per heavy atom. The molecule has 0 unspecified atom stereocenters. The summed E-state index contributed by atoms with van der Waals surface area (Å²) < 4.78 is 2.14. The first-order valence-corrected chi connectivity index (χ1v) is 11.5. The molecule has 2 fully saturated rings. The molecule has 31 heavy (non-hydrogen) atoms. The van der Waals surface area contributed by atoms with Crippen molar-refractivity contribution in [3.05, 3.63) is 83.4 Å². The van der Waals surface area contributed by atoms with Crippen LogP contribution in [0.3, 0.4) is 0 Å². The fourth-order valence-corrected chi connectivity index (χ4v) is 5.35. The normalized spacial score (nSPS) is 20.5. The first kappa shape index (κ1) is 20.5. The maximum atomic E-state index is 12.4. The van der Waals surface area contributed by atoms with Gasteiger partial charge in [0.15, 0.2) is 0 Å². The van der Waals surface area contributed by atoms with Crippen LogP contribution in [0.25, 0.3) is 5.69 Å². The highest BCUT2D eigenvalue weighted by Gasteiger charge is 2.55. The number of aromatic nitrogens is 2. The van der Waals surface area contributed by atoms with E-state index in [9.17, 15) is 5.11 Å². The van der Waals surface area contributed by atoms with Crippen LogP contribution in [0, 0.1) is 5.41 Å². The van der Waals surface area contributed by atoms with Crippen LogP contribution >= 0.6 is 0 Å². The van der Waals surface area contributed by atoms with Gasteiger partial charge < -0.3 is 14.6 Å². The molecule has 3 aromatic rings. The lowest BCUT2D eigenvalue weighted by Crippen LogP contribution is -2.63. The van der Waals surface area contributed by atoms with Crippen LogP contribution in [-0.2, 0) is 5.60 Å². The van der Waals surface area contributed by atoms with Crippen LogP contribution in [0.2, 0.25) is 0 Å². The van der Waals surface area contributed by atoms with E-state index >= 15 is 0 Å². The Bertz CT molecular complexity index is 1070. The predicted molar refractivity (Wildman–Crippen MR) is 125 cm³/mol. The van der Waals surface area contributed by atoms with Crippen molar-refractivity contribution in [1.82, 2.24) is 14.5 Å². The van der Waals surface area contributed by atoms with Crippen LogP contribution in [0.15, 0.2) is 61.2 Å². The van der Waals surface area contributed by atoms with E-state index in [0.29, 0.717) is 5.92 Å². The highest BCUT2D eigenvalue weighted by atomic mass is 16.3. The molecular formula is C27H33N3O. The fraction of sp³-hybridized carbons (Fsp3) is 0.444. The fourth-order valence-electron chi connectivity index (χ4n) is 5.35. The zero-order valence-corrected chi connectivity index (χ0v) is 19.0. The number of pyridine rings is 1. The molecule has 3 heterocycles. The van der Waals surface area contributed by atoms with Gasteiger partial charge >= 0.3 is 0 Å². The molecule has 162 valence electrons. The van der Waals surface area contributed by atoms with E-state index in [1.807, 2.05) is 12.4 Å². The van der Waals surface area contributed by atoms with Crippen molar-refractivity contribution in [2.24, 2.45) is 5.41 Å². The summed E-state index contributed by atoms with van der Waals surface area (Å²) in [4.78, 5) is 6.83. The molecule has 1 atom stereocenters. The van der Waals surface area contributed by atoms with Gasteiger partial charge in [-0.15, -0.1) is 0 Å². The molecule has 0 spiro atoms. The average molecular weight is 416 g/mol. The summed E-state index contributed by atoms with van der Waals surface area (Å²) in [5.41, 5.74) is 4.10. The monoisotopic (exact) mass is 415 g/mol. The molecule has 0 amide bonds. The molecule has 0 radical (unpaired) electrons. The minimum absolute atomic E-state index is 0.280. The van der Waals surface area contributed by atoms with Gasteiger partial charge in [0.1, 0.15) is 5.60 Å². The Morgan fingerprint density at radius 2 is 1.77 bits per heavy atom. The van der Waals surface area contributed by atoms with Gasteiger partial charge in [0.2, 0.25) is 0 Å². The minimum atomic E-state index is -1.11. The van der Waals surface area contributed by atoms with Crippen LogP contribution in [0.5, 0.6) is 0 Å². The molecule has 1 saturated heterocycles. The number of hydrogen-bond acceptors (Lipinski definition) is 3. The van der Waals surface area contributed by atoms with Gasteiger partial charge in [-0.3, -0.25) is 4.98 Å². The van der Waals surface area contributed by atoms with Crippen LogP contribution in [-0.4, -0.2) is 39.7 Å². The summed E-state index contributed by atoms with van der Waals surface area (Å²) in [6.07, 6.45) is 10.6. The van der Waals surface area contributed by atoms with Gasteiger partial charge in [0.25, 0.3) is 0 Å². The van der Waals surface area contributed by atoms with Gasteiger partial charge in [0.05, 0.1) is 11.9 Å². The highest BCUT2D eigenvalue weighted by molar-refractivity contribution is 5.45. The second-order valence-electron chi connectivity index (χ2n) is 10.3. The summed E-state index contributed by atoms with van der Waals surface area (Å²) in [6.45, 7) is 8.27. The van der Waals surface area contributed by atoms with Crippen molar-refractivity contribution < 1.29 is 5.11 Å². The maximum absolute atomic E-state index is 12.4. The van der Waals surface area contributed by atoms with E-state index < -0.39 is 5.60 Å². The van der Waals surface area contributed by atoms with E-state index in [2.05, 4.69) is 91.1 Å². The van der Waals surface area contributed by atoms with Crippen molar-refractivity contribution in [3.8, 4) is 5.69 Å². The Labute approximate surface area is 185 Å². The molecule has 4 nitrogen and oxygen atoms in total. The van der Waals surface area contributed by atoms with Crippen molar-refractivity contribution in [3.63, 3.8) is 0 Å². The van der Waals surface area contributed by atoms with Gasteiger partial charge in [0, 0.05) is 42.7 Å². The average Bonchev–Trinajstić information content (AvgIpc) is 3.48. The molecule has 1 aliphatic carbocycles. The van der Waals surface area contributed by atoms with E-state index in [1.165, 1.54) is 24.0 Å². The van der Waals surface area contributed by atoms with Crippen molar-refractivity contribution >= 4 is 0 Å². The van der Waals surface area contributed by atoms with Crippen LogP contribution in [0.1, 0.15) is 67.7 Å². The Kier molecular flexibility index (Phi) is 4.83. The molecule has 5 rings (SSSR count). The van der Waals surface area contributed by atoms with E-state index in [0.717, 1.165) is 35.8 Å². The summed E-state index contributed by atoms with van der Waals surface area (Å²) in [7, 11) is 2.11. The molecule has 1 aromatic carbocycles. The van der Waals surface area contributed by atoms with E-state index in [4.69, 9.17) is 0 Å². The first-order chi connectivity index (χ1) is 14.8. The Hall–Kier alpha value is -2.43. The molecule has 2 aromatic heterocycles. The number of rotatable bonds is 6. The molecule has 0 bridgehead atoms. The Morgan fingerprint density at radius 1 is 1.06 bits per heavy atom. The second-order valence-corrected chi connectivity index (χ2v) is 10.3. The topological polar surface area (TPSA) is 41.3 Å². The van der Waals surface area contributed by atoms with Crippen LogP contribution in [0.4, 0.5) is 0 Å². The third kappa shape index (κ3) is 3.42. The lowest BCUT2D eigenvalue weighted by Gasteiger charge is -2.55. The summed E-state index contributed by atoms with van der Waals surface area (Å²) in [5.74, 6) is 1.19. The van der Waals surface area contributed by atoms with Gasteiger partial charge in [-0.1, -0.05) is 45.0 Å². The Balaban J connectivity index is 1.58. The van der Waals surface area contributed by atoms with E-state index in [-0.39, 0.29) is 5.41 Å². The van der Waals surface area contributed by atoms with Crippen LogP contribution < -0.4 is 0 Å². The first-order valence-electron chi connectivity index (χ1n) is 11.5. The summed E-state index contributed by atoms with van der Waals surface area (Å²) in [6, 6.07) is 12.8. The lowest BCUT2D eigenvalue weighted by molar-refractivity contribution is -0.127. The predicted octanol–water partition coefficient (Wildman–Crippen LogP) is 5.06. The summed E-state index contributed by atoms with van der Waals surface area (Å²) in [5, 5.41) is 12.4. The molecule has 4 heteroatoms. The summed E-state index contributed by atoms with van der Waals surface area (Å²) >= 11 is 0. The van der Waals surface area contributed by atoms with Crippen molar-refractivity contribution in [2.45, 2.75) is 51.0 Å². The molecule has 1 N–H and O–H groups in total. The van der Waals surface area contributed by atoms with Crippen molar-refractivity contribution in [2.75, 3.05) is 20.1 Å². The minimum Gasteiger partial charge on any atom is -0.380 e. The zero-order chi connectivity index (χ0) is 21.8. The number of aliphatic hydroxyl groups is 1. The molecule has 1 aliphatic heterocycles. The maximum Gasteiger partial charge on any atom is 0.124 e. The second kappa shape index (κ2) is 7.32. The number of benzene rings is 1. The highest BCUT2D eigenvalue weighted by Crippen LogP contribution is 2.50. The smallest absolute Gasteiger partial charge is 0.124 e. The number of nitrogens with zero attached hydrogens (tertiary/aromatic N) is 3. The molecular weight excluding hydrogens is 382 g/mol. The SMILES string of the molecule is CC(C)c1ccc([C@](O)(c2cncc(-n3ccc(C4CC4)c3)c2)C2(C)CN(C)C2)cc1. The lowest BCUT2D eigenvalue weighted by atomic mass is 9.62. The third-order valence-electron chi connectivity index (χ3n) is 7.31. The number of likely N-dealkylation sites (tertiary alicyclic amines) is 1. The zero-order valence-electron chi connectivity index (χ0n) is 19.0. The van der Waals surface area contributed by atoms with Gasteiger partial charge in [-0.25, -0.2) is 0 Å². The standard InChI is InChI=1S/C27H33N3O/c1-19(2)20-7-9-23(10-8-20)27(31,26(3)17-29(4)18-26)24-13-25(15-28-14-24)30-12-11-22(16-30)21-5-6-21/h7-16,19,21,31H,5-6,17-18H2,1-4H3/t27-/m0/s1. The third-order valence-corrected chi connectivity index (χ3v) is 7.31. The van der Waals surface area contributed by atoms with Crippen molar-refractivity contribution in [1.29, 1.82) is 0 Å². The number of hydrogen-bond donors (Lipinski definition) is 1. The quantitative estimate of drug-likeness (QED) is 0.612. The molecule has 2 aliphatic rings. The largest absolute Gasteiger partial charge is 0.380 e. The van der Waals surface area contributed by atoms with Gasteiger partial charge in [-0.05, 0) is 60.5 Å². The molecule has 1 saturated carbocycles.